The van der Waals surface area contributed by atoms with Gasteiger partial charge >= 0.3 is 6.18 Å². The summed E-state index contributed by atoms with van der Waals surface area (Å²) >= 11 is 0. The van der Waals surface area contributed by atoms with E-state index in [1.165, 1.54) is 12.1 Å². The topological polar surface area (TPSA) is 93.9 Å². The maximum Gasteiger partial charge on any atom is 0.417 e. The van der Waals surface area contributed by atoms with Crippen LogP contribution in [0.15, 0.2) is 18.2 Å². The van der Waals surface area contributed by atoms with Crippen LogP contribution in [0.25, 0.3) is 0 Å². The minimum atomic E-state index is -4.79. The fourth-order valence-electron chi connectivity index (χ4n) is 5.98. The van der Waals surface area contributed by atoms with E-state index in [1.54, 1.807) is 13.8 Å². The molecule has 34 heavy (non-hydrogen) atoms. The number of morpholine rings is 1. The number of nitriles is 1. The number of imide groups is 1. The first kappa shape index (κ1) is 24.6. The number of hydrogen-bond acceptors (Lipinski definition) is 6. The summed E-state index contributed by atoms with van der Waals surface area (Å²) in [5, 5.41) is 18.0. The van der Waals surface area contributed by atoms with Gasteiger partial charge in [0.2, 0.25) is 11.8 Å². The molecule has 184 valence electrons. The molecule has 1 aromatic carbocycles. The molecule has 1 N–H and O–H groups in total. The summed E-state index contributed by atoms with van der Waals surface area (Å²) < 4.78 is 46.7. The quantitative estimate of drug-likeness (QED) is 0.477. The van der Waals surface area contributed by atoms with E-state index in [-0.39, 0.29) is 12.3 Å². The van der Waals surface area contributed by atoms with Gasteiger partial charge in [0.1, 0.15) is 0 Å². The number of amides is 2. The van der Waals surface area contributed by atoms with Crippen LogP contribution in [0.1, 0.15) is 50.7 Å². The summed E-state index contributed by atoms with van der Waals surface area (Å²) in [6.07, 6.45) is -1.23. The number of carbonyl (C=O) groups excluding carboxylic acids is 2. The Labute approximate surface area is 196 Å². The standard InChI is InChI=1S/C24H28F3N3O4/c1-22-13-29(9-5-3-4-6-10-31)14-23(2,34-22)19-18(22)20(32)30(21(19)33)16-8-7-15(12-28)17(11-16)24(25,26)27/h7-8,11,18-19,31H,3-6,9-10,13-14H2,1-2H3/t18-,19?,22+,23?/m0/s1. The van der Waals surface area contributed by atoms with Crippen LogP contribution in [-0.2, 0) is 20.5 Å². The third-order valence-electron chi connectivity index (χ3n) is 7.23. The van der Waals surface area contributed by atoms with E-state index < -0.39 is 52.2 Å². The molecule has 3 saturated heterocycles. The molecule has 3 heterocycles. The Morgan fingerprint density at radius 3 is 2.21 bits per heavy atom. The first-order valence-electron chi connectivity index (χ1n) is 11.5. The van der Waals surface area contributed by atoms with Gasteiger partial charge in [-0.25, -0.2) is 4.90 Å². The lowest BCUT2D eigenvalue weighted by Crippen LogP contribution is -2.58. The van der Waals surface area contributed by atoms with Crippen LogP contribution in [0, 0.1) is 23.2 Å². The van der Waals surface area contributed by atoms with Crippen molar-refractivity contribution in [1.29, 1.82) is 5.26 Å². The zero-order valence-corrected chi connectivity index (χ0v) is 19.2. The van der Waals surface area contributed by atoms with Gasteiger partial charge in [-0.2, -0.15) is 18.4 Å². The molecule has 0 saturated carbocycles. The molecule has 0 aliphatic carbocycles. The van der Waals surface area contributed by atoms with Crippen LogP contribution in [0.2, 0.25) is 0 Å². The lowest BCUT2D eigenvalue weighted by atomic mass is 9.79. The molecule has 4 atom stereocenters. The number of aliphatic hydroxyl groups excluding tert-OH is 1. The predicted molar refractivity (Wildman–Crippen MR) is 116 cm³/mol. The number of nitrogens with zero attached hydrogens (tertiary/aromatic N) is 3. The second-order valence-corrected chi connectivity index (χ2v) is 9.88. The van der Waals surface area contributed by atoms with Crippen LogP contribution in [0.4, 0.5) is 18.9 Å². The minimum absolute atomic E-state index is 0.168. The molecule has 7 nitrogen and oxygen atoms in total. The van der Waals surface area contributed by atoms with Gasteiger partial charge in [-0.05, 0) is 51.4 Å². The van der Waals surface area contributed by atoms with E-state index in [0.717, 1.165) is 43.2 Å². The van der Waals surface area contributed by atoms with Crippen molar-refractivity contribution in [2.75, 3.05) is 31.1 Å². The highest BCUT2D eigenvalue weighted by molar-refractivity contribution is 6.23. The Kier molecular flexibility index (Phi) is 6.25. The largest absolute Gasteiger partial charge is 0.417 e. The molecule has 2 amide bonds. The van der Waals surface area contributed by atoms with E-state index in [9.17, 15) is 22.8 Å². The third kappa shape index (κ3) is 4.00. The molecule has 10 heteroatoms. The second-order valence-electron chi connectivity index (χ2n) is 9.88. The molecule has 1 aromatic rings. The predicted octanol–water partition coefficient (Wildman–Crippen LogP) is 3.10. The molecular weight excluding hydrogens is 451 g/mol. The number of carbonyl (C=O) groups is 2. The number of alkyl halides is 3. The number of hydrogen-bond donors (Lipinski definition) is 1. The normalized spacial score (nSPS) is 31.1. The van der Waals surface area contributed by atoms with Gasteiger partial charge in [-0.1, -0.05) is 12.8 Å². The fourth-order valence-corrected chi connectivity index (χ4v) is 5.98. The molecule has 0 radical (unpaired) electrons. The number of halogens is 3. The summed E-state index contributed by atoms with van der Waals surface area (Å²) in [6.45, 7) is 5.41. The Morgan fingerprint density at radius 2 is 1.68 bits per heavy atom. The Hall–Kier alpha value is -2.48. The number of anilines is 1. The van der Waals surface area contributed by atoms with E-state index in [2.05, 4.69) is 4.90 Å². The Bertz CT molecular complexity index is 1000. The van der Waals surface area contributed by atoms with Crippen molar-refractivity contribution in [3.8, 4) is 6.07 Å². The van der Waals surface area contributed by atoms with Gasteiger partial charge in [0.15, 0.2) is 0 Å². The number of fused-ring (bicyclic) bond motifs is 5. The van der Waals surface area contributed by atoms with Crippen molar-refractivity contribution in [3.05, 3.63) is 29.3 Å². The minimum Gasteiger partial charge on any atom is -0.396 e. The lowest BCUT2D eigenvalue weighted by molar-refractivity contribution is -0.169. The molecule has 2 bridgehead atoms. The monoisotopic (exact) mass is 479 g/mol. The first-order valence-corrected chi connectivity index (χ1v) is 11.5. The van der Waals surface area contributed by atoms with Crippen molar-refractivity contribution in [1.82, 2.24) is 4.90 Å². The van der Waals surface area contributed by atoms with Gasteiger partial charge in [0, 0.05) is 19.7 Å². The Balaban J connectivity index is 1.59. The van der Waals surface area contributed by atoms with Crippen LogP contribution in [-0.4, -0.2) is 59.3 Å². The molecule has 3 fully saturated rings. The van der Waals surface area contributed by atoms with Crippen LogP contribution in [0.5, 0.6) is 0 Å². The second kappa shape index (κ2) is 8.63. The van der Waals surface area contributed by atoms with Crippen LogP contribution < -0.4 is 4.90 Å². The van der Waals surface area contributed by atoms with Gasteiger partial charge < -0.3 is 9.84 Å². The highest BCUT2D eigenvalue weighted by Gasteiger charge is 2.71. The van der Waals surface area contributed by atoms with Gasteiger partial charge in [-0.3, -0.25) is 14.5 Å². The summed E-state index contributed by atoms with van der Waals surface area (Å²) in [6, 6.07) is 4.42. The fraction of sp³-hybridized carbons (Fsp3) is 0.625. The van der Waals surface area contributed by atoms with Crippen LogP contribution >= 0.6 is 0 Å². The number of ether oxygens (including phenoxy) is 1. The van der Waals surface area contributed by atoms with E-state index in [4.69, 9.17) is 15.1 Å². The van der Waals surface area contributed by atoms with Crippen molar-refractivity contribution in [3.63, 3.8) is 0 Å². The van der Waals surface area contributed by atoms with Gasteiger partial charge in [-0.15, -0.1) is 0 Å². The van der Waals surface area contributed by atoms with Crippen LogP contribution in [0.3, 0.4) is 0 Å². The van der Waals surface area contributed by atoms with Crippen molar-refractivity contribution >= 4 is 17.5 Å². The summed E-state index contributed by atoms with van der Waals surface area (Å²) in [5.74, 6) is -2.73. The third-order valence-corrected chi connectivity index (χ3v) is 7.23. The maximum absolute atomic E-state index is 13.5. The smallest absolute Gasteiger partial charge is 0.396 e. The van der Waals surface area contributed by atoms with E-state index in [1.807, 2.05) is 0 Å². The van der Waals surface area contributed by atoms with Crippen molar-refractivity contribution in [2.24, 2.45) is 11.8 Å². The number of aliphatic hydroxyl groups is 1. The molecule has 0 aromatic heterocycles. The molecule has 3 aliphatic rings. The summed E-state index contributed by atoms with van der Waals surface area (Å²) in [7, 11) is 0. The highest BCUT2D eigenvalue weighted by atomic mass is 19.4. The first-order chi connectivity index (χ1) is 15.9. The number of likely N-dealkylation sites (tertiary alicyclic amines) is 1. The molecule has 2 unspecified atom stereocenters. The molecular formula is C24H28F3N3O4. The average Bonchev–Trinajstić information content (AvgIpc) is 3.12. The van der Waals surface area contributed by atoms with Gasteiger partial charge in [0.25, 0.3) is 0 Å². The maximum atomic E-state index is 13.5. The molecule has 3 aliphatic heterocycles. The van der Waals surface area contributed by atoms with E-state index >= 15 is 0 Å². The molecule has 4 rings (SSSR count). The number of unbranched alkanes of at least 4 members (excludes halogenated alkanes) is 3. The zero-order valence-electron chi connectivity index (χ0n) is 19.2. The SMILES string of the molecule is CC12CN(CCCCCCO)C[C@@](C)(O1)[C@@H]1C(=O)N(c3ccc(C#N)c(C(F)(F)F)c3)C(=O)C12. The summed E-state index contributed by atoms with van der Waals surface area (Å²) in [5.41, 5.74) is -3.80. The Morgan fingerprint density at radius 1 is 1.09 bits per heavy atom. The highest BCUT2D eigenvalue weighted by Crippen LogP contribution is 2.55. The van der Waals surface area contributed by atoms with Crippen molar-refractivity contribution < 1.29 is 32.6 Å². The average molecular weight is 479 g/mol. The number of benzene rings is 1. The van der Waals surface area contributed by atoms with Gasteiger partial charge in [0.05, 0.1) is 45.9 Å². The number of rotatable bonds is 7. The zero-order chi connectivity index (χ0) is 24.9. The van der Waals surface area contributed by atoms with E-state index in [0.29, 0.717) is 19.2 Å². The lowest BCUT2D eigenvalue weighted by Gasteiger charge is -2.45. The summed E-state index contributed by atoms with van der Waals surface area (Å²) in [4.78, 5) is 30.0. The van der Waals surface area contributed by atoms with Crippen molar-refractivity contribution in [2.45, 2.75) is 56.9 Å². The molecule has 0 spiro atoms.